The van der Waals surface area contributed by atoms with Gasteiger partial charge in [-0.2, -0.15) is 4.48 Å². The number of ketones is 1. The second kappa shape index (κ2) is 4.65. The van der Waals surface area contributed by atoms with Crippen LogP contribution in [0, 0.1) is 5.41 Å². The predicted molar refractivity (Wildman–Crippen MR) is 85.6 cm³/mol. The molecule has 1 aromatic carbocycles. The first kappa shape index (κ1) is 14.7. The number of rotatable bonds is 1. The number of fused-ring (bicyclic) bond motifs is 1. The van der Waals surface area contributed by atoms with Gasteiger partial charge in [0, 0.05) is 30.5 Å². The molecule has 114 valence electrons. The van der Waals surface area contributed by atoms with Crippen molar-refractivity contribution in [2.24, 2.45) is 5.41 Å². The Morgan fingerprint density at radius 1 is 1.23 bits per heavy atom. The second-order valence-corrected chi connectivity index (χ2v) is 6.85. The number of Topliss-reactive ketones (excluding diaryl/α,β-unsaturated/α-hetero) is 1. The van der Waals surface area contributed by atoms with Gasteiger partial charge in [0.25, 0.3) is 0 Å². The highest BCUT2D eigenvalue weighted by Gasteiger charge is 2.51. The molecule has 1 N–H and O–H groups in total. The molecule has 0 fully saturated rings. The summed E-state index contributed by atoms with van der Waals surface area (Å²) in [5, 5.41) is 10.5. The van der Waals surface area contributed by atoms with Gasteiger partial charge in [-0.3, -0.25) is 4.79 Å². The number of carbonyl (C=O) groups is 2. The van der Waals surface area contributed by atoms with Gasteiger partial charge >= 0.3 is 5.91 Å². The van der Waals surface area contributed by atoms with Crippen molar-refractivity contribution in [2.75, 3.05) is 0 Å². The second-order valence-electron chi connectivity index (χ2n) is 6.85. The topological polar surface area (TPSA) is 54.4 Å². The summed E-state index contributed by atoms with van der Waals surface area (Å²) in [6, 6.07) is 7.48. The summed E-state index contributed by atoms with van der Waals surface area (Å²) in [5.74, 6) is -0.334. The molecule has 0 spiro atoms. The summed E-state index contributed by atoms with van der Waals surface area (Å²) < 4.78 is -0.309. The third-order valence-electron chi connectivity index (χ3n) is 4.47. The quantitative estimate of drug-likeness (QED) is 0.805. The van der Waals surface area contributed by atoms with E-state index in [0.717, 1.165) is 11.3 Å². The van der Waals surface area contributed by atoms with E-state index in [2.05, 4.69) is 0 Å². The third-order valence-corrected chi connectivity index (χ3v) is 4.47. The van der Waals surface area contributed by atoms with Gasteiger partial charge in [-0.25, -0.2) is 4.79 Å². The standard InChI is InChI=1S/C18H19NO3/c1-12(20)19(9-8-13-6-4-5-7-14(13)19)17-15(21)10-18(2,3)11-16(17)22/h4-9H,10-11H2,1-3H3/p+1. The van der Waals surface area contributed by atoms with Crippen LogP contribution in [0.4, 0.5) is 5.69 Å². The van der Waals surface area contributed by atoms with Crippen molar-refractivity contribution in [3.05, 3.63) is 47.5 Å². The molecule has 1 aliphatic carbocycles. The highest BCUT2D eigenvalue weighted by Crippen LogP contribution is 2.45. The SMILES string of the molecule is CC(=O)[N+]1(C2=C(O)CC(C)(C)CC2=O)C=Cc2ccccc21. The Hall–Kier alpha value is -2.20. The maximum Gasteiger partial charge on any atom is 0.325 e. The van der Waals surface area contributed by atoms with Gasteiger partial charge in [0.2, 0.25) is 11.5 Å². The fraction of sp³-hybridized carbons (Fsp3) is 0.333. The number of allylic oxidation sites excluding steroid dienone is 2. The molecule has 1 aromatic rings. The Balaban J connectivity index is 2.26. The molecule has 0 bridgehead atoms. The first-order chi connectivity index (χ1) is 10.3. The molecule has 1 atom stereocenters. The Morgan fingerprint density at radius 2 is 1.91 bits per heavy atom. The average Bonchev–Trinajstić information content (AvgIpc) is 2.77. The minimum absolute atomic E-state index is 0.0257. The van der Waals surface area contributed by atoms with Crippen molar-refractivity contribution in [1.29, 1.82) is 0 Å². The van der Waals surface area contributed by atoms with Gasteiger partial charge in [0.15, 0.2) is 11.4 Å². The molecule has 1 unspecified atom stereocenters. The molecule has 4 nitrogen and oxygen atoms in total. The van der Waals surface area contributed by atoms with Crippen LogP contribution in [0.5, 0.6) is 0 Å². The Kier molecular flexibility index (Phi) is 3.11. The molecule has 0 saturated carbocycles. The fourth-order valence-electron chi connectivity index (χ4n) is 3.53. The number of carbonyl (C=O) groups excluding carboxylic acids is 2. The van der Waals surface area contributed by atoms with E-state index in [4.69, 9.17) is 0 Å². The number of hydrogen-bond donors (Lipinski definition) is 1. The van der Waals surface area contributed by atoms with Crippen molar-refractivity contribution in [2.45, 2.75) is 33.6 Å². The van der Waals surface area contributed by atoms with Crippen LogP contribution in [-0.4, -0.2) is 16.8 Å². The maximum absolute atomic E-state index is 12.7. The largest absolute Gasteiger partial charge is 0.506 e. The summed E-state index contributed by atoms with van der Waals surface area (Å²) in [6.07, 6.45) is 4.27. The van der Waals surface area contributed by atoms with Crippen LogP contribution in [0.1, 0.15) is 39.2 Å². The van der Waals surface area contributed by atoms with Crippen LogP contribution in [0.15, 0.2) is 41.9 Å². The average molecular weight is 298 g/mol. The number of nitrogens with zero attached hydrogens (tertiary/aromatic N) is 1. The molecule has 1 aliphatic heterocycles. The van der Waals surface area contributed by atoms with E-state index in [9.17, 15) is 14.7 Å². The number of amides is 1. The Bertz CT molecular complexity index is 742. The fourth-order valence-corrected chi connectivity index (χ4v) is 3.53. The molecular formula is C18H20NO3+. The molecule has 1 amide bonds. The molecule has 0 radical (unpaired) electrons. The zero-order valence-corrected chi connectivity index (χ0v) is 13.1. The maximum atomic E-state index is 12.7. The molecule has 4 heteroatoms. The van der Waals surface area contributed by atoms with Gasteiger partial charge < -0.3 is 5.11 Å². The zero-order valence-electron chi connectivity index (χ0n) is 13.1. The van der Waals surface area contributed by atoms with E-state index in [0.29, 0.717) is 12.8 Å². The summed E-state index contributed by atoms with van der Waals surface area (Å²) in [4.78, 5) is 25.2. The van der Waals surface area contributed by atoms with E-state index >= 15 is 0 Å². The molecule has 22 heavy (non-hydrogen) atoms. The van der Waals surface area contributed by atoms with Crippen molar-refractivity contribution in [3.63, 3.8) is 0 Å². The lowest BCUT2D eigenvalue weighted by Crippen LogP contribution is -2.51. The van der Waals surface area contributed by atoms with E-state index in [1.165, 1.54) is 6.92 Å². The first-order valence-corrected chi connectivity index (χ1v) is 7.42. The third kappa shape index (κ3) is 1.95. The van der Waals surface area contributed by atoms with Crippen LogP contribution in [0.2, 0.25) is 0 Å². The van der Waals surface area contributed by atoms with Gasteiger partial charge in [-0.1, -0.05) is 26.0 Å². The van der Waals surface area contributed by atoms with Crippen LogP contribution in [0.25, 0.3) is 6.08 Å². The van der Waals surface area contributed by atoms with Crippen molar-refractivity contribution >= 4 is 23.5 Å². The van der Waals surface area contributed by atoms with E-state index in [1.54, 1.807) is 6.20 Å². The number of aliphatic hydroxyl groups is 1. The number of aliphatic hydroxyl groups excluding tert-OH is 1. The Labute approximate surface area is 130 Å². The van der Waals surface area contributed by atoms with E-state index in [-0.39, 0.29) is 33.0 Å². The summed E-state index contributed by atoms with van der Waals surface area (Å²) in [6.45, 7) is 5.35. The summed E-state index contributed by atoms with van der Waals surface area (Å²) >= 11 is 0. The number of benzene rings is 1. The zero-order chi connectivity index (χ0) is 16.1. The number of hydrogen-bond acceptors (Lipinski definition) is 3. The number of quaternary nitrogens is 1. The van der Waals surface area contributed by atoms with E-state index in [1.807, 2.05) is 44.2 Å². The van der Waals surface area contributed by atoms with Crippen molar-refractivity contribution in [1.82, 2.24) is 4.48 Å². The van der Waals surface area contributed by atoms with Gasteiger partial charge in [0.05, 0.1) is 6.92 Å². The van der Waals surface area contributed by atoms with Gasteiger partial charge in [-0.05, 0) is 11.5 Å². The van der Waals surface area contributed by atoms with Crippen LogP contribution >= 0.6 is 0 Å². The number of para-hydroxylation sites is 1. The van der Waals surface area contributed by atoms with Crippen LogP contribution in [-0.2, 0) is 9.59 Å². The van der Waals surface area contributed by atoms with E-state index < -0.39 is 0 Å². The highest BCUT2D eigenvalue weighted by atomic mass is 16.3. The normalized spacial score (nSPS) is 26.2. The summed E-state index contributed by atoms with van der Waals surface area (Å²) in [7, 11) is 0. The molecule has 0 aromatic heterocycles. The van der Waals surface area contributed by atoms with Gasteiger partial charge in [0.1, 0.15) is 6.20 Å². The van der Waals surface area contributed by atoms with Gasteiger partial charge in [-0.15, -0.1) is 0 Å². The molecule has 3 rings (SSSR count). The molecule has 2 aliphatic rings. The smallest absolute Gasteiger partial charge is 0.325 e. The lowest BCUT2D eigenvalue weighted by molar-refractivity contribution is -0.129. The molecule has 1 heterocycles. The lowest BCUT2D eigenvalue weighted by atomic mass is 9.77. The van der Waals surface area contributed by atoms with Crippen LogP contribution < -0.4 is 4.48 Å². The predicted octanol–water partition coefficient (Wildman–Crippen LogP) is 3.68. The highest BCUT2D eigenvalue weighted by molar-refractivity contribution is 6.09. The van der Waals surface area contributed by atoms with Crippen molar-refractivity contribution in [3.8, 4) is 0 Å². The molecular weight excluding hydrogens is 278 g/mol. The van der Waals surface area contributed by atoms with Crippen LogP contribution in [0.3, 0.4) is 0 Å². The first-order valence-electron chi connectivity index (χ1n) is 7.42. The molecule has 0 saturated heterocycles. The lowest BCUT2D eigenvalue weighted by Gasteiger charge is -2.35. The monoisotopic (exact) mass is 298 g/mol. The minimum atomic E-state index is -0.309. The summed E-state index contributed by atoms with van der Waals surface area (Å²) in [5.41, 5.74) is 1.54. The minimum Gasteiger partial charge on any atom is -0.506 e. The van der Waals surface area contributed by atoms with Crippen molar-refractivity contribution < 1.29 is 14.7 Å². The Morgan fingerprint density at radius 3 is 2.55 bits per heavy atom.